The number of ether oxygens (including phenoxy) is 1. The van der Waals surface area contributed by atoms with Crippen LogP contribution in [0.4, 0.5) is 5.88 Å². The zero-order valence-electron chi connectivity index (χ0n) is 14.3. The van der Waals surface area contributed by atoms with Gasteiger partial charge in [0.25, 0.3) is 5.91 Å². The summed E-state index contributed by atoms with van der Waals surface area (Å²) < 4.78 is 10.8. The third-order valence-electron chi connectivity index (χ3n) is 3.66. The first-order valence-electron chi connectivity index (χ1n) is 8.23. The molecule has 0 spiro atoms. The van der Waals surface area contributed by atoms with E-state index in [0.29, 0.717) is 29.5 Å². The van der Waals surface area contributed by atoms with Gasteiger partial charge in [-0.15, -0.1) is 0 Å². The SMILES string of the molecule is CCCOc1cccc(C(=O)Nc2cc(-c3ccc(C)cc3)no2)c1. The standard InChI is InChI=1S/C20H20N2O3/c1-3-11-24-17-6-4-5-16(12-17)20(23)21-19-13-18(22-25-19)15-9-7-14(2)8-10-15/h4-10,12-13H,3,11H2,1-2H3,(H,21,23). The van der Waals surface area contributed by atoms with Crippen LogP contribution in [0.15, 0.2) is 59.1 Å². The van der Waals surface area contributed by atoms with E-state index < -0.39 is 0 Å². The molecule has 0 aliphatic heterocycles. The van der Waals surface area contributed by atoms with Gasteiger partial charge in [-0.1, -0.05) is 48.0 Å². The number of nitrogens with zero attached hydrogens (tertiary/aromatic N) is 1. The average molecular weight is 336 g/mol. The summed E-state index contributed by atoms with van der Waals surface area (Å²) in [6.45, 7) is 4.68. The van der Waals surface area contributed by atoms with Gasteiger partial charge in [-0.25, -0.2) is 0 Å². The molecule has 1 heterocycles. The highest BCUT2D eigenvalue weighted by Gasteiger charge is 2.12. The van der Waals surface area contributed by atoms with E-state index in [0.717, 1.165) is 12.0 Å². The number of anilines is 1. The van der Waals surface area contributed by atoms with Gasteiger partial charge >= 0.3 is 0 Å². The molecular weight excluding hydrogens is 316 g/mol. The quantitative estimate of drug-likeness (QED) is 0.709. The van der Waals surface area contributed by atoms with E-state index in [-0.39, 0.29) is 5.91 Å². The Morgan fingerprint density at radius 2 is 1.96 bits per heavy atom. The van der Waals surface area contributed by atoms with Crippen LogP contribution in [-0.2, 0) is 0 Å². The van der Waals surface area contributed by atoms with Crippen molar-refractivity contribution in [3.63, 3.8) is 0 Å². The summed E-state index contributed by atoms with van der Waals surface area (Å²) in [5.41, 5.74) is 3.29. The Labute approximate surface area is 146 Å². The summed E-state index contributed by atoms with van der Waals surface area (Å²) >= 11 is 0. The highest BCUT2D eigenvalue weighted by molar-refractivity contribution is 6.03. The Kier molecular flexibility index (Phi) is 5.14. The zero-order chi connectivity index (χ0) is 17.6. The van der Waals surface area contributed by atoms with Crippen LogP contribution in [0.1, 0.15) is 29.3 Å². The molecule has 128 valence electrons. The second kappa shape index (κ2) is 7.66. The maximum Gasteiger partial charge on any atom is 0.258 e. The minimum Gasteiger partial charge on any atom is -0.494 e. The molecule has 25 heavy (non-hydrogen) atoms. The number of aryl methyl sites for hydroxylation is 1. The van der Waals surface area contributed by atoms with Gasteiger partial charge in [0.15, 0.2) is 0 Å². The predicted molar refractivity (Wildman–Crippen MR) is 96.9 cm³/mol. The Hall–Kier alpha value is -3.08. The molecular formula is C20H20N2O3. The second-order valence-electron chi connectivity index (χ2n) is 5.77. The lowest BCUT2D eigenvalue weighted by Crippen LogP contribution is -2.11. The second-order valence-corrected chi connectivity index (χ2v) is 5.77. The molecule has 1 aromatic heterocycles. The molecule has 0 aliphatic rings. The number of hydrogen-bond acceptors (Lipinski definition) is 4. The maximum absolute atomic E-state index is 12.4. The molecule has 3 aromatic rings. The molecule has 5 nitrogen and oxygen atoms in total. The van der Waals surface area contributed by atoms with Crippen molar-refractivity contribution in [1.29, 1.82) is 0 Å². The van der Waals surface area contributed by atoms with Crippen LogP contribution in [0.2, 0.25) is 0 Å². The van der Waals surface area contributed by atoms with Crippen LogP contribution in [0.5, 0.6) is 5.75 Å². The number of benzene rings is 2. The number of hydrogen-bond donors (Lipinski definition) is 1. The molecule has 0 atom stereocenters. The highest BCUT2D eigenvalue weighted by Crippen LogP contribution is 2.23. The van der Waals surface area contributed by atoms with Crippen molar-refractivity contribution in [3.05, 3.63) is 65.7 Å². The lowest BCUT2D eigenvalue weighted by atomic mass is 10.1. The molecule has 0 bridgehead atoms. The summed E-state index contributed by atoms with van der Waals surface area (Å²) in [7, 11) is 0. The summed E-state index contributed by atoms with van der Waals surface area (Å²) in [5, 5.41) is 6.73. The van der Waals surface area contributed by atoms with Gasteiger partial charge in [-0.3, -0.25) is 10.1 Å². The molecule has 0 aliphatic carbocycles. The number of amides is 1. The van der Waals surface area contributed by atoms with Gasteiger partial charge < -0.3 is 9.26 Å². The van der Waals surface area contributed by atoms with Gasteiger partial charge in [0.1, 0.15) is 11.4 Å². The fourth-order valence-corrected chi connectivity index (χ4v) is 2.33. The first kappa shape index (κ1) is 16.8. The van der Waals surface area contributed by atoms with Gasteiger partial charge in [0.2, 0.25) is 5.88 Å². The van der Waals surface area contributed by atoms with Crippen molar-refractivity contribution < 1.29 is 14.1 Å². The lowest BCUT2D eigenvalue weighted by molar-refractivity contribution is 0.102. The predicted octanol–water partition coefficient (Wildman–Crippen LogP) is 4.69. The van der Waals surface area contributed by atoms with Crippen LogP contribution < -0.4 is 10.1 Å². The molecule has 1 amide bonds. The third kappa shape index (κ3) is 4.26. The van der Waals surface area contributed by atoms with Gasteiger partial charge in [-0.2, -0.15) is 0 Å². The summed E-state index contributed by atoms with van der Waals surface area (Å²) in [4.78, 5) is 12.4. The molecule has 0 saturated heterocycles. The number of carbonyl (C=O) groups excluding carboxylic acids is 1. The van der Waals surface area contributed by atoms with Crippen LogP contribution in [-0.4, -0.2) is 17.7 Å². The monoisotopic (exact) mass is 336 g/mol. The van der Waals surface area contributed by atoms with Crippen molar-refractivity contribution in [1.82, 2.24) is 5.16 Å². The van der Waals surface area contributed by atoms with Crippen LogP contribution in [0.25, 0.3) is 11.3 Å². The lowest BCUT2D eigenvalue weighted by Gasteiger charge is -2.06. The van der Waals surface area contributed by atoms with Crippen LogP contribution in [0, 0.1) is 6.92 Å². The van der Waals surface area contributed by atoms with Crippen molar-refractivity contribution in [2.24, 2.45) is 0 Å². The third-order valence-corrected chi connectivity index (χ3v) is 3.66. The summed E-state index contributed by atoms with van der Waals surface area (Å²) in [5.74, 6) is 0.710. The minimum atomic E-state index is -0.270. The first-order valence-corrected chi connectivity index (χ1v) is 8.23. The topological polar surface area (TPSA) is 64.4 Å². The van der Waals surface area contributed by atoms with Crippen LogP contribution in [0.3, 0.4) is 0 Å². The normalized spacial score (nSPS) is 10.5. The van der Waals surface area contributed by atoms with E-state index in [1.54, 1.807) is 24.3 Å². The smallest absolute Gasteiger partial charge is 0.258 e. The summed E-state index contributed by atoms with van der Waals surface area (Å²) in [6.07, 6.45) is 0.913. The van der Waals surface area contributed by atoms with E-state index in [1.165, 1.54) is 5.56 Å². The number of rotatable bonds is 6. The van der Waals surface area contributed by atoms with Crippen molar-refractivity contribution in [2.75, 3.05) is 11.9 Å². The minimum absolute atomic E-state index is 0.270. The van der Waals surface area contributed by atoms with E-state index in [1.807, 2.05) is 44.2 Å². The van der Waals surface area contributed by atoms with E-state index >= 15 is 0 Å². The Bertz CT molecular complexity index is 853. The molecule has 0 saturated carbocycles. The Morgan fingerprint density at radius 3 is 2.72 bits per heavy atom. The summed E-state index contributed by atoms with van der Waals surface area (Å²) in [6, 6.07) is 16.7. The van der Waals surface area contributed by atoms with E-state index in [9.17, 15) is 4.79 Å². The van der Waals surface area contributed by atoms with Crippen LogP contribution >= 0.6 is 0 Å². The largest absolute Gasteiger partial charge is 0.494 e. The molecule has 5 heteroatoms. The molecule has 3 rings (SSSR count). The fourth-order valence-electron chi connectivity index (χ4n) is 2.33. The van der Waals surface area contributed by atoms with Crippen molar-refractivity contribution in [2.45, 2.75) is 20.3 Å². The number of aromatic nitrogens is 1. The zero-order valence-corrected chi connectivity index (χ0v) is 14.3. The molecule has 0 fully saturated rings. The van der Waals surface area contributed by atoms with Gasteiger partial charge in [0, 0.05) is 17.2 Å². The van der Waals surface area contributed by atoms with Crippen molar-refractivity contribution in [3.8, 4) is 17.0 Å². The average Bonchev–Trinajstić information content (AvgIpc) is 3.09. The number of carbonyl (C=O) groups is 1. The molecule has 1 N–H and O–H groups in total. The van der Waals surface area contributed by atoms with Gasteiger partial charge in [0.05, 0.1) is 6.61 Å². The first-order chi connectivity index (χ1) is 12.2. The molecule has 2 aromatic carbocycles. The number of nitrogens with one attached hydrogen (secondary N) is 1. The van der Waals surface area contributed by atoms with Crippen molar-refractivity contribution >= 4 is 11.8 Å². The molecule has 0 unspecified atom stereocenters. The fraction of sp³-hybridized carbons (Fsp3) is 0.200. The Morgan fingerprint density at radius 1 is 1.16 bits per heavy atom. The van der Waals surface area contributed by atoms with E-state index in [2.05, 4.69) is 10.5 Å². The van der Waals surface area contributed by atoms with E-state index in [4.69, 9.17) is 9.26 Å². The Balaban J connectivity index is 1.70. The van der Waals surface area contributed by atoms with Gasteiger partial charge in [-0.05, 0) is 31.5 Å². The highest BCUT2D eigenvalue weighted by atomic mass is 16.5. The molecule has 0 radical (unpaired) electrons. The maximum atomic E-state index is 12.4.